The first kappa shape index (κ1) is 16.2. The van der Waals surface area contributed by atoms with Crippen molar-refractivity contribution in [1.29, 1.82) is 0 Å². The number of fused-ring (bicyclic) bond motifs is 1. The maximum Gasteiger partial charge on any atom is 0.231 e. The summed E-state index contributed by atoms with van der Waals surface area (Å²) in [6.07, 6.45) is 3.79. The number of nitrogens with two attached hydrogens (primary N) is 1. The van der Waals surface area contributed by atoms with Gasteiger partial charge in [0.15, 0.2) is 0 Å². The Morgan fingerprint density at radius 2 is 2.13 bits per heavy atom. The van der Waals surface area contributed by atoms with Gasteiger partial charge in [-0.05, 0) is 39.7 Å². The predicted octanol–water partition coefficient (Wildman–Crippen LogP) is 2.55. The first-order chi connectivity index (χ1) is 11.0. The monoisotopic (exact) mass is 318 g/mol. The molecule has 23 heavy (non-hydrogen) atoms. The number of rotatable bonds is 4. The quantitative estimate of drug-likeness (QED) is 0.900. The van der Waals surface area contributed by atoms with Gasteiger partial charge in [0.1, 0.15) is 17.4 Å². The maximum absolute atomic E-state index is 10.3. The van der Waals surface area contributed by atoms with Gasteiger partial charge in [0.2, 0.25) is 5.71 Å². The van der Waals surface area contributed by atoms with E-state index in [0.717, 1.165) is 48.9 Å². The second-order valence-corrected chi connectivity index (χ2v) is 6.50. The molecule has 0 aromatic carbocycles. The van der Waals surface area contributed by atoms with Gasteiger partial charge in [-0.25, -0.2) is 4.98 Å². The van der Waals surface area contributed by atoms with Crippen LogP contribution in [0.1, 0.15) is 49.8 Å². The largest absolute Gasteiger partial charge is 0.443 e. The van der Waals surface area contributed by atoms with Crippen LogP contribution in [0.3, 0.4) is 0 Å². The number of anilines is 1. The third kappa shape index (κ3) is 3.05. The van der Waals surface area contributed by atoms with Crippen molar-refractivity contribution in [2.45, 2.75) is 65.1 Å². The molecule has 1 fully saturated rings. The molecule has 1 aliphatic heterocycles. The van der Waals surface area contributed by atoms with E-state index < -0.39 is 0 Å². The summed E-state index contributed by atoms with van der Waals surface area (Å²) in [5, 5.41) is 11.1. The topological polar surface area (TPSA) is 88.4 Å². The van der Waals surface area contributed by atoms with E-state index in [1.165, 1.54) is 0 Å². The Bertz CT molecular complexity index is 697. The summed E-state index contributed by atoms with van der Waals surface area (Å²) < 4.78 is 5.71. The average Bonchev–Trinajstić information content (AvgIpc) is 2.82. The Kier molecular flexibility index (Phi) is 4.55. The Morgan fingerprint density at radius 3 is 2.87 bits per heavy atom. The van der Waals surface area contributed by atoms with Crippen LogP contribution in [0.5, 0.6) is 0 Å². The lowest BCUT2D eigenvalue weighted by Gasteiger charge is -2.37. The molecule has 0 saturated carbocycles. The van der Waals surface area contributed by atoms with Crippen molar-refractivity contribution < 1.29 is 9.52 Å². The molecule has 0 aliphatic carbocycles. The van der Waals surface area contributed by atoms with Gasteiger partial charge in [0.05, 0.1) is 18.0 Å². The molecule has 1 saturated heterocycles. The van der Waals surface area contributed by atoms with E-state index in [2.05, 4.69) is 14.9 Å². The molecule has 0 radical (unpaired) electrons. The van der Waals surface area contributed by atoms with Gasteiger partial charge >= 0.3 is 0 Å². The molecule has 0 bridgehead atoms. The lowest BCUT2D eigenvalue weighted by Crippen LogP contribution is -2.46. The molecule has 3 rings (SSSR count). The first-order valence-electron chi connectivity index (χ1n) is 8.45. The van der Waals surface area contributed by atoms with E-state index in [0.29, 0.717) is 23.9 Å². The zero-order valence-electron chi connectivity index (χ0n) is 14.2. The second kappa shape index (κ2) is 6.45. The number of aliphatic hydroxyl groups is 1. The minimum Gasteiger partial charge on any atom is -0.443 e. The van der Waals surface area contributed by atoms with E-state index in [9.17, 15) is 5.11 Å². The van der Waals surface area contributed by atoms with Gasteiger partial charge < -0.3 is 15.3 Å². The molecule has 2 unspecified atom stereocenters. The highest BCUT2D eigenvalue weighted by atomic mass is 16.3. The predicted molar refractivity (Wildman–Crippen MR) is 90.0 cm³/mol. The third-order valence-electron chi connectivity index (χ3n) is 4.97. The number of furan rings is 1. The second-order valence-electron chi connectivity index (χ2n) is 6.50. The van der Waals surface area contributed by atoms with Gasteiger partial charge in [-0.1, -0.05) is 13.3 Å². The molecule has 6 heteroatoms. The fourth-order valence-electron chi connectivity index (χ4n) is 3.50. The Hall–Kier alpha value is -1.66. The van der Waals surface area contributed by atoms with Crippen LogP contribution in [0.15, 0.2) is 4.42 Å². The lowest BCUT2D eigenvalue weighted by molar-refractivity contribution is 0.0183. The summed E-state index contributed by atoms with van der Waals surface area (Å²) in [4.78, 5) is 11.3. The summed E-state index contributed by atoms with van der Waals surface area (Å²) in [5.41, 5.74) is 7.68. The zero-order chi connectivity index (χ0) is 16.6. The Labute approximate surface area is 136 Å². The van der Waals surface area contributed by atoms with Crippen LogP contribution in [0.4, 0.5) is 5.82 Å². The van der Waals surface area contributed by atoms with Crippen LogP contribution in [-0.2, 0) is 6.54 Å². The number of hydrogen-bond donors (Lipinski definition) is 2. The van der Waals surface area contributed by atoms with Crippen LogP contribution >= 0.6 is 0 Å². The number of piperidine rings is 1. The molecule has 2 aromatic rings. The SMILES string of the molecule is CCC(O)C1CCCCN1Cc1nc(N)c2c(C)c(C)oc2n1. The van der Waals surface area contributed by atoms with Crippen molar-refractivity contribution in [1.82, 2.24) is 14.9 Å². The zero-order valence-corrected chi connectivity index (χ0v) is 14.2. The molecular formula is C17H26N4O2. The minimum atomic E-state index is -0.301. The van der Waals surface area contributed by atoms with Crippen molar-refractivity contribution in [2.75, 3.05) is 12.3 Å². The lowest BCUT2D eigenvalue weighted by atomic mass is 9.96. The normalized spacial score (nSPS) is 21.0. The average molecular weight is 318 g/mol. The molecule has 126 valence electrons. The molecule has 1 aliphatic rings. The number of aryl methyl sites for hydroxylation is 2. The van der Waals surface area contributed by atoms with E-state index in [1.807, 2.05) is 20.8 Å². The van der Waals surface area contributed by atoms with Crippen LogP contribution in [0.25, 0.3) is 11.1 Å². The molecule has 3 N–H and O–H groups in total. The standard InChI is InChI=1S/C17H26N4O2/c1-4-13(22)12-7-5-6-8-21(12)9-14-19-16(18)15-10(2)11(3)23-17(15)20-14/h12-13,22H,4-9H2,1-3H3,(H2,18,19,20). The highest BCUT2D eigenvalue weighted by Crippen LogP contribution is 2.28. The number of nitrogens with zero attached hydrogens (tertiary/aromatic N) is 3. The minimum absolute atomic E-state index is 0.175. The third-order valence-corrected chi connectivity index (χ3v) is 4.97. The summed E-state index contributed by atoms with van der Waals surface area (Å²) in [5.74, 6) is 1.97. The first-order valence-corrected chi connectivity index (χ1v) is 8.45. The van der Waals surface area contributed by atoms with Gasteiger partial charge in [0.25, 0.3) is 0 Å². The number of aliphatic hydroxyl groups excluding tert-OH is 1. The van der Waals surface area contributed by atoms with Gasteiger partial charge in [-0.3, -0.25) is 4.90 Å². The Balaban J connectivity index is 1.88. The van der Waals surface area contributed by atoms with E-state index >= 15 is 0 Å². The molecule has 2 aromatic heterocycles. The summed E-state index contributed by atoms with van der Waals surface area (Å²) in [7, 11) is 0. The van der Waals surface area contributed by atoms with E-state index in [4.69, 9.17) is 10.2 Å². The van der Waals surface area contributed by atoms with Crippen LogP contribution in [-0.4, -0.2) is 38.7 Å². The highest BCUT2D eigenvalue weighted by Gasteiger charge is 2.28. The van der Waals surface area contributed by atoms with Crippen molar-refractivity contribution in [2.24, 2.45) is 0 Å². The van der Waals surface area contributed by atoms with Gasteiger partial charge in [-0.2, -0.15) is 4.98 Å². The smallest absolute Gasteiger partial charge is 0.231 e. The van der Waals surface area contributed by atoms with Crippen LogP contribution in [0.2, 0.25) is 0 Å². The molecule has 0 spiro atoms. The van der Waals surface area contributed by atoms with E-state index in [-0.39, 0.29) is 12.1 Å². The van der Waals surface area contributed by atoms with Gasteiger partial charge in [-0.15, -0.1) is 0 Å². The fraction of sp³-hybridized carbons (Fsp3) is 0.647. The van der Waals surface area contributed by atoms with Crippen molar-refractivity contribution in [3.05, 3.63) is 17.1 Å². The molecule has 0 amide bonds. The number of hydrogen-bond acceptors (Lipinski definition) is 6. The summed E-state index contributed by atoms with van der Waals surface area (Å²) in [6.45, 7) is 7.46. The number of aromatic nitrogens is 2. The number of nitrogen functional groups attached to an aromatic ring is 1. The number of likely N-dealkylation sites (tertiary alicyclic amines) is 1. The van der Waals surface area contributed by atoms with E-state index in [1.54, 1.807) is 0 Å². The summed E-state index contributed by atoms with van der Waals surface area (Å²) >= 11 is 0. The molecule has 2 atom stereocenters. The molecule has 3 heterocycles. The highest BCUT2D eigenvalue weighted by molar-refractivity contribution is 5.88. The van der Waals surface area contributed by atoms with Crippen molar-refractivity contribution in [3.8, 4) is 0 Å². The van der Waals surface area contributed by atoms with Crippen molar-refractivity contribution >= 4 is 16.9 Å². The van der Waals surface area contributed by atoms with Crippen LogP contribution < -0.4 is 5.73 Å². The van der Waals surface area contributed by atoms with Gasteiger partial charge in [0, 0.05) is 11.6 Å². The molecule has 6 nitrogen and oxygen atoms in total. The maximum atomic E-state index is 10.3. The fourth-order valence-corrected chi connectivity index (χ4v) is 3.50. The molecular weight excluding hydrogens is 292 g/mol. The van der Waals surface area contributed by atoms with Crippen molar-refractivity contribution in [3.63, 3.8) is 0 Å². The Morgan fingerprint density at radius 1 is 1.35 bits per heavy atom. The van der Waals surface area contributed by atoms with Crippen LogP contribution in [0, 0.1) is 13.8 Å². The summed E-state index contributed by atoms with van der Waals surface area (Å²) in [6, 6.07) is 0.175.